The lowest BCUT2D eigenvalue weighted by Gasteiger charge is -2.38. The first-order valence-electron chi connectivity index (χ1n) is 15.2. The molecule has 2 aliphatic carbocycles. The van der Waals surface area contributed by atoms with Crippen LogP contribution in [0.5, 0.6) is 0 Å². The fraction of sp³-hybridized carbons (Fsp3) is 0.967. The molecular weight excluding hydrogens is 448 g/mol. The van der Waals surface area contributed by atoms with E-state index in [1.807, 2.05) is 20.8 Å². The summed E-state index contributed by atoms with van der Waals surface area (Å²) < 4.78 is 5.34. The highest BCUT2D eigenvalue weighted by Gasteiger charge is 2.31. The van der Waals surface area contributed by atoms with Crippen LogP contribution in [0.3, 0.4) is 0 Å². The molecule has 0 aromatic rings. The van der Waals surface area contributed by atoms with Gasteiger partial charge in [0.15, 0.2) is 0 Å². The summed E-state index contributed by atoms with van der Waals surface area (Å²) in [7, 11) is 6.59. The standard InChI is InChI=1S/C17H32N2O2.C13H26N2/c1-17(2,3)21-16(20)18-15-7-5-13(6-8-15)14-9-11-19(4)12-10-14;1-14-13-5-3-11(4-6-13)12-7-9-15(2)10-8-12/h13-15H,5-12H2,1-4H3,(H,18,20);11-14H,3-10H2,1-2H3. The third kappa shape index (κ3) is 10.1. The van der Waals surface area contributed by atoms with Gasteiger partial charge in [0.1, 0.15) is 5.60 Å². The molecule has 0 atom stereocenters. The van der Waals surface area contributed by atoms with Crippen LogP contribution >= 0.6 is 0 Å². The maximum Gasteiger partial charge on any atom is 0.407 e. The highest BCUT2D eigenvalue weighted by atomic mass is 16.6. The van der Waals surface area contributed by atoms with E-state index >= 15 is 0 Å². The van der Waals surface area contributed by atoms with Gasteiger partial charge in [-0.15, -0.1) is 0 Å². The van der Waals surface area contributed by atoms with Crippen LogP contribution in [0.25, 0.3) is 0 Å². The van der Waals surface area contributed by atoms with Gasteiger partial charge < -0.3 is 25.2 Å². The second-order valence-corrected chi connectivity index (χ2v) is 13.4. The van der Waals surface area contributed by atoms with Crippen LogP contribution in [-0.4, -0.2) is 80.9 Å². The Labute approximate surface area is 222 Å². The molecule has 1 amide bonds. The predicted octanol–water partition coefficient (Wildman–Crippen LogP) is 5.52. The van der Waals surface area contributed by atoms with Gasteiger partial charge in [-0.1, -0.05) is 0 Å². The van der Waals surface area contributed by atoms with E-state index in [9.17, 15) is 4.79 Å². The van der Waals surface area contributed by atoms with Crippen LogP contribution in [-0.2, 0) is 4.74 Å². The predicted molar refractivity (Wildman–Crippen MR) is 150 cm³/mol. The smallest absolute Gasteiger partial charge is 0.407 e. The van der Waals surface area contributed by atoms with Crippen molar-refractivity contribution in [1.29, 1.82) is 0 Å². The zero-order chi connectivity index (χ0) is 26.1. The minimum atomic E-state index is -0.407. The summed E-state index contributed by atoms with van der Waals surface area (Å²) in [6.07, 6.45) is 15.8. The van der Waals surface area contributed by atoms with Gasteiger partial charge in [-0.3, -0.25) is 0 Å². The Morgan fingerprint density at radius 3 is 1.36 bits per heavy atom. The molecule has 2 saturated heterocycles. The lowest BCUT2D eigenvalue weighted by atomic mass is 9.74. The molecule has 0 aromatic carbocycles. The number of rotatable bonds is 4. The van der Waals surface area contributed by atoms with E-state index in [0.29, 0.717) is 6.04 Å². The van der Waals surface area contributed by atoms with Crippen molar-refractivity contribution in [1.82, 2.24) is 20.4 Å². The molecule has 0 bridgehead atoms. The number of hydrogen-bond donors (Lipinski definition) is 2. The highest BCUT2D eigenvalue weighted by molar-refractivity contribution is 5.68. The zero-order valence-corrected chi connectivity index (χ0v) is 24.5. The van der Waals surface area contributed by atoms with E-state index in [2.05, 4.69) is 41.6 Å². The van der Waals surface area contributed by atoms with Crippen molar-refractivity contribution in [2.45, 2.75) is 116 Å². The van der Waals surface area contributed by atoms with E-state index < -0.39 is 5.60 Å². The summed E-state index contributed by atoms with van der Waals surface area (Å²) in [5.41, 5.74) is -0.407. The molecule has 4 aliphatic rings. The Kier molecular flexibility index (Phi) is 11.8. The number of likely N-dealkylation sites (tertiary alicyclic amines) is 2. The van der Waals surface area contributed by atoms with Gasteiger partial charge in [-0.05, 0) is 169 Å². The maximum absolute atomic E-state index is 11.8. The van der Waals surface area contributed by atoms with Crippen LogP contribution in [0.4, 0.5) is 4.79 Å². The molecule has 6 nitrogen and oxygen atoms in total. The molecule has 4 fully saturated rings. The normalized spacial score (nSPS) is 31.8. The lowest BCUT2D eigenvalue weighted by molar-refractivity contribution is 0.0476. The van der Waals surface area contributed by atoms with Gasteiger partial charge in [0.2, 0.25) is 0 Å². The molecule has 36 heavy (non-hydrogen) atoms. The molecule has 210 valence electrons. The average molecular weight is 507 g/mol. The maximum atomic E-state index is 11.8. The Hall–Kier alpha value is -0.850. The number of nitrogens with one attached hydrogen (secondary N) is 2. The van der Waals surface area contributed by atoms with E-state index in [4.69, 9.17) is 4.74 Å². The van der Waals surface area contributed by atoms with Crippen molar-refractivity contribution in [3.8, 4) is 0 Å². The van der Waals surface area contributed by atoms with Gasteiger partial charge in [0, 0.05) is 12.1 Å². The number of nitrogens with zero attached hydrogens (tertiary/aromatic N) is 2. The largest absolute Gasteiger partial charge is 0.444 e. The Morgan fingerprint density at radius 1 is 0.639 bits per heavy atom. The number of hydrogen-bond acceptors (Lipinski definition) is 5. The molecule has 0 aromatic heterocycles. The first-order valence-corrected chi connectivity index (χ1v) is 15.2. The van der Waals surface area contributed by atoms with Crippen molar-refractivity contribution < 1.29 is 9.53 Å². The van der Waals surface area contributed by atoms with Gasteiger partial charge in [0.25, 0.3) is 0 Å². The summed E-state index contributed by atoms with van der Waals surface area (Å²) in [5, 5.41) is 6.46. The van der Waals surface area contributed by atoms with Gasteiger partial charge >= 0.3 is 6.09 Å². The van der Waals surface area contributed by atoms with Crippen LogP contribution in [0.15, 0.2) is 0 Å². The zero-order valence-electron chi connectivity index (χ0n) is 24.5. The third-order valence-corrected chi connectivity index (χ3v) is 9.53. The summed E-state index contributed by atoms with van der Waals surface area (Å²) in [5.74, 6) is 3.86. The quantitative estimate of drug-likeness (QED) is 0.526. The minimum absolute atomic E-state index is 0.259. The first-order chi connectivity index (χ1) is 17.1. The van der Waals surface area contributed by atoms with E-state index in [1.54, 1.807) is 0 Å². The number of piperidine rings is 2. The number of amides is 1. The SMILES string of the molecule is CN1CCC(C2CCC(NC(=O)OC(C)(C)C)CC2)CC1.CNC1CCC(C2CCN(C)CC2)CC1. The lowest BCUT2D eigenvalue weighted by Crippen LogP contribution is -2.42. The number of carbonyl (C=O) groups is 1. The molecule has 2 N–H and O–H groups in total. The van der Waals surface area contributed by atoms with Gasteiger partial charge in [-0.25, -0.2) is 4.79 Å². The summed E-state index contributed by atoms with van der Waals surface area (Å²) in [6.45, 7) is 10.9. The second-order valence-electron chi connectivity index (χ2n) is 13.4. The summed E-state index contributed by atoms with van der Waals surface area (Å²) in [6, 6.07) is 1.12. The van der Waals surface area contributed by atoms with Gasteiger partial charge in [0.05, 0.1) is 0 Å². The monoisotopic (exact) mass is 506 g/mol. The second kappa shape index (κ2) is 14.3. The van der Waals surface area contributed by atoms with Crippen molar-refractivity contribution in [2.24, 2.45) is 23.7 Å². The van der Waals surface area contributed by atoms with Gasteiger partial charge in [-0.2, -0.15) is 0 Å². The van der Waals surface area contributed by atoms with E-state index in [1.165, 1.54) is 90.4 Å². The first kappa shape index (κ1) is 29.7. The number of alkyl carbamates (subject to hydrolysis) is 1. The van der Waals surface area contributed by atoms with Crippen LogP contribution in [0, 0.1) is 23.7 Å². The Balaban J connectivity index is 0.000000212. The van der Waals surface area contributed by atoms with Crippen LogP contribution < -0.4 is 10.6 Å². The van der Waals surface area contributed by atoms with E-state index in [0.717, 1.165) is 42.6 Å². The van der Waals surface area contributed by atoms with Crippen molar-refractivity contribution >= 4 is 6.09 Å². The molecule has 6 heteroatoms. The molecule has 2 saturated carbocycles. The highest BCUT2D eigenvalue weighted by Crippen LogP contribution is 2.36. The molecule has 0 spiro atoms. The van der Waals surface area contributed by atoms with E-state index in [-0.39, 0.29) is 6.09 Å². The fourth-order valence-corrected chi connectivity index (χ4v) is 7.09. The van der Waals surface area contributed by atoms with Crippen molar-refractivity contribution in [2.75, 3.05) is 47.3 Å². The van der Waals surface area contributed by atoms with Crippen LogP contribution in [0.1, 0.15) is 97.8 Å². The molecule has 2 aliphatic heterocycles. The summed E-state index contributed by atoms with van der Waals surface area (Å²) >= 11 is 0. The molecule has 4 rings (SSSR count). The van der Waals surface area contributed by atoms with Crippen molar-refractivity contribution in [3.63, 3.8) is 0 Å². The minimum Gasteiger partial charge on any atom is -0.444 e. The average Bonchev–Trinajstić information content (AvgIpc) is 2.85. The number of carbonyl (C=O) groups excluding carboxylic acids is 1. The number of ether oxygens (including phenoxy) is 1. The molecule has 0 unspecified atom stereocenters. The van der Waals surface area contributed by atoms with Crippen molar-refractivity contribution in [3.05, 3.63) is 0 Å². The third-order valence-electron chi connectivity index (χ3n) is 9.53. The summed E-state index contributed by atoms with van der Waals surface area (Å²) in [4.78, 5) is 16.7. The Bertz CT molecular complexity index is 619. The fourth-order valence-electron chi connectivity index (χ4n) is 7.09. The molecule has 0 radical (unpaired) electrons. The topological polar surface area (TPSA) is 56.8 Å². The molecular formula is C30H58N4O2. The Morgan fingerprint density at radius 2 is 1.00 bits per heavy atom. The molecule has 2 heterocycles. The van der Waals surface area contributed by atoms with Crippen LogP contribution in [0.2, 0.25) is 0 Å².